The van der Waals surface area contributed by atoms with Gasteiger partial charge in [-0.25, -0.2) is 22.2 Å². The third-order valence-electron chi connectivity index (χ3n) is 10.6. The summed E-state index contributed by atoms with van der Waals surface area (Å²) in [6.45, 7) is -0.0436. The first kappa shape index (κ1) is 40.5. The Balaban J connectivity index is 1.27. The molecule has 310 valence electrons. The van der Waals surface area contributed by atoms with Gasteiger partial charge in [0.15, 0.2) is 11.5 Å². The van der Waals surface area contributed by atoms with E-state index in [2.05, 4.69) is 37.4 Å². The number of sulfonamides is 1. The lowest BCUT2D eigenvalue weighted by atomic mass is 9.93. The van der Waals surface area contributed by atoms with Gasteiger partial charge in [0.05, 0.1) is 33.9 Å². The zero-order valence-electron chi connectivity index (χ0n) is 30.8. The number of hydrogen-bond acceptors (Lipinski definition) is 8. The Labute approximate surface area is 336 Å². The molecule has 0 bridgehead atoms. The van der Waals surface area contributed by atoms with E-state index in [9.17, 15) is 40.3 Å². The summed E-state index contributed by atoms with van der Waals surface area (Å²) in [4.78, 5) is 18.7. The number of nitrogens with zero attached hydrogens (tertiary/aromatic N) is 5. The van der Waals surface area contributed by atoms with Crippen LogP contribution in [-0.2, 0) is 46.9 Å². The summed E-state index contributed by atoms with van der Waals surface area (Å²) < 4.78 is 131. The van der Waals surface area contributed by atoms with Crippen molar-refractivity contribution in [3.8, 4) is 23.0 Å². The van der Waals surface area contributed by atoms with E-state index in [1.807, 2.05) is 0 Å². The minimum Gasteiger partial charge on any atom is -0.380 e. The number of pyridine rings is 1. The number of hydrogen-bond donors (Lipinski definition) is 4. The second-order valence-corrected chi connectivity index (χ2v) is 17.0. The van der Waals surface area contributed by atoms with E-state index in [0.29, 0.717) is 29.4 Å². The van der Waals surface area contributed by atoms with Crippen LogP contribution in [0.4, 0.5) is 36.6 Å². The third kappa shape index (κ3) is 7.72. The predicted molar refractivity (Wildman–Crippen MR) is 200 cm³/mol. The largest absolute Gasteiger partial charge is 0.435 e. The Bertz CT molecular complexity index is 2700. The van der Waals surface area contributed by atoms with E-state index in [1.54, 1.807) is 6.07 Å². The number of benzene rings is 2. The lowest BCUT2D eigenvalue weighted by Gasteiger charge is -2.28. The second kappa shape index (κ2) is 14.5. The van der Waals surface area contributed by atoms with Crippen molar-refractivity contribution in [1.82, 2.24) is 35.2 Å². The smallest absolute Gasteiger partial charge is 0.380 e. The number of amides is 1. The lowest BCUT2D eigenvalue weighted by molar-refractivity contribution is -0.142. The first-order chi connectivity index (χ1) is 27.7. The number of halogens is 8. The molecule has 59 heavy (non-hydrogen) atoms. The molecule has 4 N–H and O–H groups in total. The number of aromatic nitrogens is 5. The number of nitrogens with one attached hydrogen (secondary N) is 3. The molecule has 2 fully saturated rings. The van der Waals surface area contributed by atoms with E-state index >= 15 is 8.78 Å². The van der Waals surface area contributed by atoms with Crippen molar-refractivity contribution >= 4 is 44.3 Å². The van der Waals surface area contributed by atoms with E-state index in [4.69, 9.17) is 16.6 Å². The van der Waals surface area contributed by atoms with Crippen LogP contribution in [0.3, 0.4) is 0 Å². The van der Waals surface area contributed by atoms with Crippen molar-refractivity contribution in [2.75, 3.05) is 24.1 Å². The number of anilines is 1. The highest BCUT2D eigenvalue weighted by molar-refractivity contribution is 7.92. The Kier molecular flexibility index (Phi) is 9.96. The fourth-order valence-corrected chi connectivity index (χ4v) is 8.57. The number of rotatable bonds is 10. The van der Waals surface area contributed by atoms with Gasteiger partial charge >= 0.3 is 6.18 Å². The molecule has 1 amide bonds. The summed E-state index contributed by atoms with van der Waals surface area (Å²) in [6.07, 6.45) is -5.77. The fraction of sp³-hybridized carbons (Fsp3) is 0.368. The zero-order valence-corrected chi connectivity index (χ0v) is 32.4. The first-order valence-electron chi connectivity index (χ1n) is 18.0. The van der Waals surface area contributed by atoms with Crippen LogP contribution in [-0.4, -0.2) is 69.4 Å². The summed E-state index contributed by atoms with van der Waals surface area (Å²) in [6, 6.07) is 7.23. The molecule has 4 heterocycles. The monoisotopic (exact) mass is 864 g/mol. The number of aliphatic hydroxyl groups excluding tert-OH is 1. The summed E-state index contributed by atoms with van der Waals surface area (Å²) in [5, 5.41) is 24.3. The van der Waals surface area contributed by atoms with E-state index < -0.39 is 93.6 Å². The molecule has 1 saturated carbocycles. The van der Waals surface area contributed by atoms with Gasteiger partial charge in [-0.15, -0.1) is 0 Å². The van der Waals surface area contributed by atoms with Gasteiger partial charge in [-0.2, -0.15) is 32.1 Å². The number of aryl methyl sites for hydroxylation is 1. The van der Waals surface area contributed by atoms with Gasteiger partial charge in [0.2, 0.25) is 15.9 Å². The minimum absolute atomic E-state index is 0.00247. The number of carbonyl (C=O) groups is 1. The lowest BCUT2D eigenvalue weighted by Crippen LogP contribution is -2.48. The van der Waals surface area contributed by atoms with Crippen LogP contribution in [0.5, 0.6) is 0 Å². The Morgan fingerprint density at radius 1 is 1.10 bits per heavy atom. The highest BCUT2D eigenvalue weighted by atomic mass is 35.5. The molecule has 2 aromatic carbocycles. The molecule has 1 aliphatic heterocycles. The van der Waals surface area contributed by atoms with Crippen molar-refractivity contribution in [3.05, 3.63) is 93.0 Å². The molecule has 2 aliphatic carbocycles. The maximum absolute atomic E-state index is 15.4. The SMILES string of the molecule is Cn1nc(NS(C)(=O)=O)c2c(Cl)ccc(-c3ccc(C#CC(O)C4CNC4)nc3[C@H](Cc3cc(F)cc(F)c3)NC(=O)Cn3nc(C(F)(F)F)c4c3C(F)(F)[C@@H]3C[C@H]43)c21. The average Bonchev–Trinajstić information content (AvgIpc) is 3.64. The molecular weight excluding hydrogens is 833 g/mol. The molecule has 8 rings (SSSR count). The Hall–Kier alpha value is -5.23. The molecule has 1 unspecified atom stereocenters. The zero-order chi connectivity index (χ0) is 42.3. The standard InChI is InChI=1S/C38H32ClF7N8O4S/c1-53-33-23(6-7-26(39)31(33)36(51-53)52-59(2,57)58)22-5-3-21(4-8-28(55)18-14-47-15-18)48-32(22)27(11-17-9-19(40)12-20(41)10-17)49-29(56)16-54-35-30(34(50-54)38(44,45)46)24-13-25(24)37(35,42)43/h3,5-7,9-10,12,18,24-25,27-28,47,55H,11,13-16H2,1-2H3,(H,49,56)(H,51,52)/t24-,25+,27-,28?/m0/s1. The molecule has 21 heteroatoms. The van der Waals surface area contributed by atoms with Gasteiger partial charge in [-0.1, -0.05) is 23.6 Å². The maximum Gasteiger partial charge on any atom is 0.435 e. The highest BCUT2D eigenvalue weighted by Crippen LogP contribution is 2.68. The molecule has 0 spiro atoms. The number of fused-ring (bicyclic) bond motifs is 4. The van der Waals surface area contributed by atoms with Crippen molar-refractivity contribution in [3.63, 3.8) is 0 Å². The van der Waals surface area contributed by atoms with Crippen LogP contribution in [0, 0.1) is 35.3 Å². The van der Waals surface area contributed by atoms with Crippen molar-refractivity contribution in [2.45, 2.75) is 49.5 Å². The molecule has 1 saturated heterocycles. The molecule has 12 nitrogen and oxygen atoms in total. The first-order valence-corrected chi connectivity index (χ1v) is 20.3. The van der Waals surface area contributed by atoms with Crippen LogP contribution in [0.15, 0.2) is 42.5 Å². The summed E-state index contributed by atoms with van der Waals surface area (Å²) in [5.41, 5.74) is -2.30. The fourth-order valence-electron chi connectivity index (χ4n) is 7.83. The van der Waals surface area contributed by atoms with E-state index in [0.717, 1.165) is 18.4 Å². The summed E-state index contributed by atoms with van der Waals surface area (Å²) in [7, 11) is -2.35. The quantitative estimate of drug-likeness (QED) is 0.108. The molecule has 5 aromatic rings. The van der Waals surface area contributed by atoms with Gasteiger partial charge in [-0.3, -0.25) is 18.9 Å². The van der Waals surface area contributed by atoms with Gasteiger partial charge in [0, 0.05) is 54.7 Å². The van der Waals surface area contributed by atoms with Gasteiger partial charge < -0.3 is 15.7 Å². The van der Waals surface area contributed by atoms with Gasteiger partial charge in [0.25, 0.3) is 5.92 Å². The van der Waals surface area contributed by atoms with Crippen molar-refractivity contribution < 1.29 is 49.1 Å². The normalized spacial score (nSPS) is 19.3. The summed E-state index contributed by atoms with van der Waals surface area (Å²) >= 11 is 6.58. The van der Waals surface area contributed by atoms with Crippen LogP contribution < -0.4 is 15.4 Å². The maximum atomic E-state index is 15.4. The van der Waals surface area contributed by atoms with E-state index in [1.165, 1.54) is 29.9 Å². The third-order valence-corrected chi connectivity index (χ3v) is 11.4. The molecular formula is C38H32ClF7N8O4S. The number of aliphatic hydroxyl groups is 1. The second-order valence-electron chi connectivity index (χ2n) is 14.9. The predicted octanol–water partition coefficient (Wildman–Crippen LogP) is 5.39. The van der Waals surface area contributed by atoms with Crippen LogP contribution in [0.2, 0.25) is 5.02 Å². The van der Waals surface area contributed by atoms with Crippen LogP contribution >= 0.6 is 11.6 Å². The Morgan fingerprint density at radius 3 is 2.44 bits per heavy atom. The van der Waals surface area contributed by atoms with Crippen LogP contribution in [0.1, 0.15) is 52.3 Å². The topological polar surface area (TPSA) is 156 Å². The molecule has 0 radical (unpaired) electrons. The van der Waals surface area contributed by atoms with Crippen molar-refractivity contribution in [1.29, 1.82) is 0 Å². The van der Waals surface area contributed by atoms with Crippen molar-refractivity contribution in [2.24, 2.45) is 18.9 Å². The Morgan fingerprint density at radius 2 is 1.80 bits per heavy atom. The minimum atomic E-state index is -5.08. The number of alkyl halides is 5. The van der Waals surface area contributed by atoms with Gasteiger partial charge in [0.1, 0.15) is 35.7 Å². The molecule has 4 atom stereocenters. The molecule has 3 aromatic heterocycles. The molecule has 3 aliphatic rings. The highest BCUT2D eigenvalue weighted by Gasteiger charge is 2.68. The van der Waals surface area contributed by atoms with E-state index in [-0.39, 0.29) is 56.6 Å². The van der Waals surface area contributed by atoms with Crippen LogP contribution in [0.25, 0.3) is 22.0 Å². The van der Waals surface area contributed by atoms with Gasteiger partial charge in [-0.05, 0) is 60.6 Å². The number of carbonyl (C=O) groups excluding carboxylic acids is 1. The summed E-state index contributed by atoms with van der Waals surface area (Å²) in [5.74, 6) is -3.87. The average molecular weight is 865 g/mol.